The zero-order valence-electron chi connectivity index (χ0n) is 10.5. The Kier molecular flexibility index (Phi) is 13.2. The standard InChI is InChI=1S/C7H16N.C4H8IOS.Sn/c1-3-4-5-6-7(2)8;1-2-3-4(6)7-5;/h3,7H,4-6,8H2,1-2H3;4H,2-3H2,1H3;/q;-1;+1. The molecule has 0 aromatic heterocycles. The summed E-state index contributed by atoms with van der Waals surface area (Å²) >= 11 is 1.73. The van der Waals surface area contributed by atoms with Crippen LogP contribution >= 0.6 is 30.1 Å². The summed E-state index contributed by atoms with van der Waals surface area (Å²) in [5, 5.41) is 0. The Balaban J connectivity index is 3.50. The summed E-state index contributed by atoms with van der Waals surface area (Å²) in [6.07, 6.45) is 6.14. The van der Waals surface area contributed by atoms with Gasteiger partial charge in [-0.25, -0.2) is 0 Å². The van der Waals surface area contributed by atoms with E-state index in [9.17, 15) is 0 Å². The van der Waals surface area contributed by atoms with Crippen LogP contribution in [0.25, 0.3) is 0 Å². The Bertz CT molecular complexity index is 163. The van der Waals surface area contributed by atoms with Crippen LogP contribution in [0, 0.1) is 0 Å². The van der Waals surface area contributed by atoms with E-state index in [-0.39, 0.29) is 0 Å². The van der Waals surface area contributed by atoms with Crippen LogP contribution in [0.4, 0.5) is 0 Å². The van der Waals surface area contributed by atoms with Gasteiger partial charge in [-0.05, 0) is 0 Å². The summed E-state index contributed by atoms with van der Waals surface area (Å²) in [6, 6.07) is 0.358. The summed E-state index contributed by atoms with van der Waals surface area (Å²) < 4.78 is 6.87. The summed E-state index contributed by atoms with van der Waals surface area (Å²) in [7, 11) is 1.84. The van der Waals surface area contributed by atoms with E-state index in [0.29, 0.717) is 11.5 Å². The monoisotopic (exact) mass is 465 g/mol. The van der Waals surface area contributed by atoms with Crippen LogP contribution < -0.4 is 5.73 Å². The van der Waals surface area contributed by atoms with E-state index in [0.717, 1.165) is 10.4 Å². The third-order valence-electron chi connectivity index (χ3n) is 2.32. The van der Waals surface area contributed by atoms with Crippen molar-refractivity contribution < 1.29 is 3.07 Å². The molecular weight excluding hydrogens is 440 g/mol. The van der Waals surface area contributed by atoms with Gasteiger partial charge in [0.25, 0.3) is 0 Å². The van der Waals surface area contributed by atoms with E-state index < -0.39 is 21.6 Å². The number of rotatable bonds is 10. The third kappa shape index (κ3) is 10.9. The molecule has 0 aromatic carbocycles. The van der Waals surface area contributed by atoms with Crippen LogP contribution in [0.5, 0.6) is 0 Å². The van der Waals surface area contributed by atoms with E-state index >= 15 is 0 Å². The molecule has 0 aliphatic carbocycles. The van der Waals surface area contributed by atoms with Crippen LogP contribution in [0.15, 0.2) is 0 Å². The molecule has 5 heteroatoms. The molecule has 0 aromatic rings. The van der Waals surface area contributed by atoms with E-state index in [2.05, 4.69) is 42.0 Å². The molecule has 0 aliphatic rings. The van der Waals surface area contributed by atoms with E-state index in [1.165, 1.54) is 25.7 Å². The zero-order chi connectivity index (χ0) is 12.4. The molecule has 0 fully saturated rings. The fourth-order valence-corrected chi connectivity index (χ4v) is 7.60. The van der Waals surface area contributed by atoms with Crippen molar-refractivity contribution in [3.8, 4) is 0 Å². The van der Waals surface area contributed by atoms with Crippen molar-refractivity contribution >= 4 is 51.7 Å². The van der Waals surface area contributed by atoms with Gasteiger partial charge in [0.15, 0.2) is 0 Å². The second kappa shape index (κ2) is 11.9. The van der Waals surface area contributed by atoms with Crippen molar-refractivity contribution in [2.75, 3.05) is 0 Å². The van der Waals surface area contributed by atoms with Gasteiger partial charge in [0, 0.05) is 0 Å². The number of hydrogen-bond acceptors (Lipinski definition) is 3. The second-order valence-corrected chi connectivity index (χ2v) is 10.7. The van der Waals surface area contributed by atoms with Gasteiger partial charge < -0.3 is 0 Å². The topological polar surface area (TPSA) is 35.2 Å². The van der Waals surface area contributed by atoms with E-state index in [4.69, 9.17) is 8.81 Å². The molecule has 2 N–H and O–H groups in total. The van der Waals surface area contributed by atoms with E-state index in [1.807, 2.05) is 8.93 Å². The first-order valence-electron chi connectivity index (χ1n) is 6.04. The molecule has 0 rings (SSSR count). The van der Waals surface area contributed by atoms with Crippen molar-refractivity contribution in [2.45, 2.75) is 68.3 Å². The molecular formula is C11H24INOSSn. The van der Waals surface area contributed by atoms with Gasteiger partial charge in [-0.2, -0.15) is 0 Å². The fraction of sp³-hybridized carbons (Fsp3) is 1.00. The maximum atomic E-state index is 6.05. The van der Waals surface area contributed by atoms with Crippen molar-refractivity contribution in [2.24, 2.45) is 5.73 Å². The normalized spacial score (nSPS) is 17.1. The van der Waals surface area contributed by atoms with Crippen molar-refractivity contribution in [1.29, 1.82) is 0 Å². The molecule has 3 unspecified atom stereocenters. The van der Waals surface area contributed by atoms with Crippen molar-refractivity contribution in [3.05, 3.63) is 0 Å². The Morgan fingerprint density at radius 1 is 1.31 bits per heavy atom. The van der Waals surface area contributed by atoms with Crippen LogP contribution in [0.3, 0.4) is 0 Å². The second-order valence-electron chi connectivity index (χ2n) is 4.35. The Hall–Kier alpha value is 1.80. The molecule has 2 radical (unpaired) electrons. The van der Waals surface area contributed by atoms with E-state index in [1.54, 1.807) is 0 Å². The molecule has 2 nitrogen and oxygen atoms in total. The Morgan fingerprint density at radius 3 is 2.50 bits per heavy atom. The number of hydrogen-bond donors (Lipinski definition) is 1. The van der Waals surface area contributed by atoms with Gasteiger partial charge >= 0.3 is 129 Å². The summed E-state index contributed by atoms with van der Waals surface area (Å²) in [4.78, 5) is 0. The van der Waals surface area contributed by atoms with Crippen LogP contribution in [0.1, 0.15) is 52.9 Å². The molecule has 0 amide bonds. The fourth-order valence-electron chi connectivity index (χ4n) is 1.35. The summed E-state index contributed by atoms with van der Waals surface area (Å²) in [6.45, 7) is 6.65. The average molecular weight is 464 g/mol. The van der Waals surface area contributed by atoms with Crippen LogP contribution in [0.2, 0.25) is 3.93 Å². The molecule has 0 spiro atoms. The zero-order valence-corrected chi connectivity index (χ0v) is 16.4. The molecule has 0 aliphatic heterocycles. The molecule has 0 bridgehead atoms. The first-order chi connectivity index (χ1) is 7.60. The predicted octanol–water partition coefficient (Wildman–Crippen LogP) is 4.16. The van der Waals surface area contributed by atoms with Crippen molar-refractivity contribution in [1.82, 2.24) is 0 Å². The van der Waals surface area contributed by atoms with Gasteiger partial charge in [-0.15, -0.1) is 0 Å². The maximum absolute atomic E-state index is 6.05. The van der Waals surface area contributed by atoms with Crippen molar-refractivity contribution in [3.63, 3.8) is 0 Å². The van der Waals surface area contributed by atoms with Gasteiger partial charge in [0.2, 0.25) is 0 Å². The average Bonchev–Trinajstić information content (AvgIpc) is 2.23. The Morgan fingerprint density at radius 2 is 2.00 bits per heavy atom. The minimum absolute atomic E-state index is 0.358. The van der Waals surface area contributed by atoms with Gasteiger partial charge in [-0.3, -0.25) is 0 Å². The summed E-state index contributed by atoms with van der Waals surface area (Å²) in [5.74, 6) is 0. The number of nitrogens with two attached hydrogens (primary N) is 1. The number of halogens is 1. The third-order valence-corrected chi connectivity index (χ3v) is 8.21. The molecule has 0 heterocycles. The molecule has 3 atom stereocenters. The Labute approximate surface area is 128 Å². The minimum atomic E-state index is -0.633. The molecule has 16 heavy (non-hydrogen) atoms. The van der Waals surface area contributed by atoms with Crippen LogP contribution in [-0.2, 0) is 3.07 Å². The van der Waals surface area contributed by atoms with Gasteiger partial charge in [-0.1, -0.05) is 0 Å². The molecule has 0 saturated heterocycles. The first-order valence-corrected chi connectivity index (χ1v) is 12.3. The van der Waals surface area contributed by atoms with Gasteiger partial charge in [0.05, 0.1) is 0 Å². The quantitative estimate of drug-likeness (QED) is 0.300. The molecule has 96 valence electrons. The van der Waals surface area contributed by atoms with Crippen LogP contribution in [-0.4, -0.2) is 33.0 Å². The SMILES string of the molecule is CCCC([O][Sn][CH](C)CCCC(C)N)SI. The molecule has 0 saturated carbocycles. The van der Waals surface area contributed by atoms with Gasteiger partial charge in [0.1, 0.15) is 0 Å². The first kappa shape index (κ1) is 17.8. The predicted molar refractivity (Wildman–Crippen MR) is 84.1 cm³/mol. The summed E-state index contributed by atoms with van der Waals surface area (Å²) in [5.41, 5.74) is 6.19.